The van der Waals surface area contributed by atoms with Crippen LogP contribution in [0.5, 0.6) is 0 Å². The van der Waals surface area contributed by atoms with Gasteiger partial charge in [0.1, 0.15) is 13.2 Å². The first-order chi connectivity index (χ1) is 9.47. The van der Waals surface area contributed by atoms with E-state index >= 15 is 0 Å². The molecule has 3 N–H and O–H groups in total. The number of carbonyl (C=O) groups excluding carboxylic acids is 2. The van der Waals surface area contributed by atoms with Crippen LogP contribution in [0.2, 0.25) is 0 Å². The molecule has 1 rings (SSSR count). The molecule has 0 aliphatic heterocycles. The summed E-state index contributed by atoms with van der Waals surface area (Å²) in [5.74, 6) is -1.66. The van der Waals surface area contributed by atoms with Gasteiger partial charge in [-0.2, -0.15) is 0 Å². The molecule has 20 heavy (non-hydrogen) atoms. The molecule has 0 heterocycles. The number of nitrogens with one attached hydrogen (secondary N) is 2. The zero-order valence-electron chi connectivity index (χ0n) is 11.0. The van der Waals surface area contributed by atoms with Crippen molar-refractivity contribution in [3.63, 3.8) is 0 Å². The van der Waals surface area contributed by atoms with E-state index in [2.05, 4.69) is 15.4 Å². The Hall–Kier alpha value is -2.41. The third kappa shape index (κ3) is 6.50. The summed E-state index contributed by atoms with van der Waals surface area (Å²) in [6, 6.07) is 6.99. The monoisotopic (exact) mass is 280 g/mol. The summed E-state index contributed by atoms with van der Waals surface area (Å²) >= 11 is 0. The Morgan fingerprint density at radius 3 is 2.35 bits per heavy atom. The average Bonchev–Trinajstić information content (AvgIpc) is 2.37. The molecule has 0 unspecified atom stereocenters. The predicted octanol–water partition coefficient (Wildman–Crippen LogP) is 0.362. The molecule has 0 spiro atoms. The maximum atomic E-state index is 11.3. The third-order valence-corrected chi connectivity index (χ3v) is 2.22. The second-order valence-electron chi connectivity index (χ2n) is 4.04. The van der Waals surface area contributed by atoms with Crippen molar-refractivity contribution in [1.82, 2.24) is 5.32 Å². The Kier molecular flexibility index (Phi) is 6.18. The molecule has 7 heteroatoms. The molecule has 0 aromatic heterocycles. The van der Waals surface area contributed by atoms with Gasteiger partial charge in [-0.25, -0.2) is 4.79 Å². The lowest BCUT2D eigenvalue weighted by atomic mass is 10.2. The molecule has 108 valence electrons. The quantitative estimate of drug-likeness (QED) is 0.669. The number of anilines is 1. The van der Waals surface area contributed by atoms with Crippen molar-refractivity contribution in [2.75, 3.05) is 18.5 Å². The van der Waals surface area contributed by atoms with E-state index in [4.69, 9.17) is 5.11 Å². The van der Waals surface area contributed by atoms with E-state index < -0.39 is 18.5 Å². The zero-order valence-corrected chi connectivity index (χ0v) is 11.0. The standard InChI is InChI=1S/C13H16N2O5/c1-9(16)15-11-4-2-10(3-5-11)6-14-12(17)7-20-8-13(18)19/h2-5H,6-8H2,1H3,(H,14,17)(H,15,16)(H,18,19). The molecule has 0 aliphatic carbocycles. The number of carboxylic acid groups (broad SMARTS) is 1. The molecule has 0 saturated carbocycles. The molecular weight excluding hydrogens is 264 g/mol. The first kappa shape index (κ1) is 15.6. The first-order valence-corrected chi connectivity index (χ1v) is 5.90. The van der Waals surface area contributed by atoms with Crippen molar-refractivity contribution in [2.45, 2.75) is 13.5 Å². The summed E-state index contributed by atoms with van der Waals surface area (Å²) in [4.78, 5) is 32.3. The van der Waals surface area contributed by atoms with Crippen molar-refractivity contribution in [3.05, 3.63) is 29.8 Å². The van der Waals surface area contributed by atoms with E-state index in [0.717, 1.165) is 5.56 Å². The van der Waals surface area contributed by atoms with Crippen LogP contribution in [-0.2, 0) is 25.7 Å². The lowest BCUT2D eigenvalue weighted by Crippen LogP contribution is -2.28. The number of ether oxygens (including phenoxy) is 1. The molecule has 0 saturated heterocycles. The fourth-order valence-corrected chi connectivity index (χ4v) is 1.39. The SMILES string of the molecule is CC(=O)Nc1ccc(CNC(=O)COCC(=O)O)cc1. The van der Waals surface area contributed by atoms with Crippen LogP contribution in [0.15, 0.2) is 24.3 Å². The number of carbonyl (C=O) groups is 3. The number of rotatable bonds is 7. The van der Waals surface area contributed by atoms with E-state index in [1.165, 1.54) is 6.92 Å². The van der Waals surface area contributed by atoms with Gasteiger partial charge in [0.25, 0.3) is 0 Å². The molecular formula is C13H16N2O5. The molecule has 2 amide bonds. The van der Waals surface area contributed by atoms with Crippen LogP contribution < -0.4 is 10.6 Å². The van der Waals surface area contributed by atoms with Gasteiger partial charge in [0.05, 0.1) is 0 Å². The van der Waals surface area contributed by atoms with Crippen molar-refractivity contribution in [1.29, 1.82) is 0 Å². The molecule has 0 aliphatic rings. The first-order valence-electron chi connectivity index (χ1n) is 5.90. The average molecular weight is 280 g/mol. The Morgan fingerprint density at radius 1 is 1.15 bits per heavy atom. The second kappa shape index (κ2) is 7.90. The van der Waals surface area contributed by atoms with Crippen LogP contribution in [0.25, 0.3) is 0 Å². The number of aliphatic carboxylic acids is 1. The van der Waals surface area contributed by atoms with Gasteiger partial charge in [-0.3, -0.25) is 9.59 Å². The van der Waals surface area contributed by atoms with Gasteiger partial charge in [-0.1, -0.05) is 12.1 Å². The largest absolute Gasteiger partial charge is 0.480 e. The van der Waals surface area contributed by atoms with Gasteiger partial charge in [-0.05, 0) is 17.7 Å². The zero-order chi connectivity index (χ0) is 15.0. The van der Waals surface area contributed by atoms with Crippen molar-refractivity contribution >= 4 is 23.5 Å². The van der Waals surface area contributed by atoms with Crippen molar-refractivity contribution in [2.24, 2.45) is 0 Å². The predicted molar refractivity (Wildman–Crippen MR) is 71.0 cm³/mol. The van der Waals surface area contributed by atoms with Crippen LogP contribution in [0, 0.1) is 0 Å². The summed E-state index contributed by atoms with van der Waals surface area (Å²) in [5, 5.41) is 13.6. The van der Waals surface area contributed by atoms with E-state index in [1.807, 2.05) is 0 Å². The van der Waals surface area contributed by atoms with Gasteiger partial charge < -0.3 is 20.5 Å². The summed E-state index contributed by atoms with van der Waals surface area (Å²) in [5.41, 5.74) is 1.53. The van der Waals surface area contributed by atoms with Gasteiger partial charge >= 0.3 is 5.97 Å². The lowest BCUT2D eigenvalue weighted by Gasteiger charge is -2.07. The maximum Gasteiger partial charge on any atom is 0.329 e. The Bertz CT molecular complexity index is 484. The summed E-state index contributed by atoms with van der Waals surface area (Å²) in [6.45, 7) is 0.927. The van der Waals surface area contributed by atoms with Gasteiger partial charge in [0, 0.05) is 19.2 Å². The Balaban J connectivity index is 2.32. The number of benzene rings is 1. The summed E-state index contributed by atoms with van der Waals surface area (Å²) in [6.07, 6.45) is 0. The van der Waals surface area contributed by atoms with Crippen LogP contribution in [0.3, 0.4) is 0 Å². The van der Waals surface area contributed by atoms with Gasteiger partial charge in [0.15, 0.2) is 0 Å². The molecule has 0 fully saturated rings. The summed E-state index contributed by atoms with van der Waals surface area (Å²) < 4.78 is 4.65. The van der Waals surface area contributed by atoms with Gasteiger partial charge in [-0.15, -0.1) is 0 Å². The normalized spacial score (nSPS) is 9.85. The minimum absolute atomic E-state index is 0.151. The minimum Gasteiger partial charge on any atom is -0.480 e. The number of amides is 2. The van der Waals surface area contributed by atoms with Crippen LogP contribution >= 0.6 is 0 Å². The fourth-order valence-electron chi connectivity index (χ4n) is 1.39. The molecule has 1 aromatic rings. The number of hydrogen-bond donors (Lipinski definition) is 3. The maximum absolute atomic E-state index is 11.3. The highest BCUT2D eigenvalue weighted by molar-refractivity contribution is 5.88. The third-order valence-electron chi connectivity index (χ3n) is 2.22. The second-order valence-corrected chi connectivity index (χ2v) is 4.04. The number of carboxylic acids is 1. The Labute approximate surface area is 115 Å². The van der Waals surface area contributed by atoms with Crippen molar-refractivity contribution < 1.29 is 24.2 Å². The summed E-state index contributed by atoms with van der Waals surface area (Å²) in [7, 11) is 0. The molecule has 1 aromatic carbocycles. The highest BCUT2D eigenvalue weighted by Gasteiger charge is 2.04. The van der Waals surface area contributed by atoms with E-state index in [-0.39, 0.29) is 12.5 Å². The topological polar surface area (TPSA) is 105 Å². The molecule has 0 atom stereocenters. The van der Waals surface area contributed by atoms with E-state index in [1.54, 1.807) is 24.3 Å². The van der Waals surface area contributed by atoms with Crippen LogP contribution in [0.1, 0.15) is 12.5 Å². The van der Waals surface area contributed by atoms with E-state index in [0.29, 0.717) is 12.2 Å². The van der Waals surface area contributed by atoms with E-state index in [9.17, 15) is 14.4 Å². The molecule has 0 radical (unpaired) electrons. The fraction of sp³-hybridized carbons (Fsp3) is 0.308. The molecule has 7 nitrogen and oxygen atoms in total. The highest BCUT2D eigenvalue weighted by atomic mass is 16.5. The van der Waals surface area contributed by atoms with Gasteiger partial charge in [0.2, 0.25) is 11.8 Å². The Morgan fingerprint density at radius 2 is 1.80 bits per heavy atom. The molecule has 0 bridgehead atoms. The van der Waals surface area contributed by atoms with Crippen LogP contribution in [-0.4, -0.2) is 36.1 Å². The highest BCUT2D eigenvalue weighted by Crippen LogP contribution is 2.09. The minimum atomic E-state index is -1.12. The number of hydrogen-bond acceptors (Lipinski definition) is 4. The lowest BCUT2D eigenvalue weighted by molar-refractivity contribution is -0.143. The smallest absolute Gasteiger partial charge is 0.329 e. The van der Waals surface area contributed by atoms with Crippen molar-refractivity contribution in [3.8, 4) is 0 Å². The van der Waals surface area contributed by atoms with Crippen LogP contribution in [0.4, 0.5) is 5.69 Å².